The van der Waals surface area contributed by atoms with Crippen molar-refractivity contribution in [3.8, 4) is 5.75 Å². The number of methoxy groups -OCH3 is 1. The minimum atomic E-state index is 0.0667. The number of benzene rings is 1. The third-order valence-electron chi connectivity index (χ3n) is 7.60. The number of fused-ring (bicyclic) bond motifs is 1. The van der Waals surface area contributed by atoms with Crippen LogP contribution < -0.4 is 10.1 Å². The van der Waals surface area contributed by atoms with Gasteiger partial charge in [-0.15, -0.1) is 0 Å². The molecule has 0 aromatic heterocycles. The van der Waals surface area contributed by atoms with E-state index in [9.17, 15) is 4.79 Å². The molecule has 0 radical (unpaired) electrons. The molecule has 5 nitrogen and oxygen atoms in total. The number of carbonyl (C=O) groups excluding carboxylic acids is 1. The molecule has 3 aliphatic rings. The van der Waals surface area contributed by atoms with Crippen LogP contribution in [-0.2, 0) is 14.3 Å². The van der Waals surface area contributed by atoms with Crippen molar-refractivity contribution in [3.63, 3.8) is 0 Å². The predicted octanol–water partition coefficient (Wildman–Crippen LogP) is 3.73. The Morgan fingerprint density at radius 1 is 1.32 bits per heavy atom. The Kier molecular flexibility index (Phi) is 5.17. The van der Waals surface area contributed by atoms with Gasteiger partial charge in [-0.25, -0.2) is 0 Å². The van der Waals surface area contributed by atoms with Crippen molar-refractivity contribution in [3.05, 3.63) is 29.8 Å². The second-order valence-electron chi connectivity index (χ2n) is 9.39. The third kappa shape index (κ3) is 3.13. The fourth-order valence-corrected chi connectivity index (χ4v) is 6.34. The van der Waals surface area contributed by atoms with E-state index >= 15 is 0 Å². The number of nitrogens with one attached hydrogen (secondary N) is 1. The first kappa shape index (κ1) is 19.7. The lowest BCUT2D eigenvalue weighted by atomic mass is 9.59. The molecule has 1 aliphatic heterocycles. The fraction of sp³-hybridized carbons (Fsp3) is 0.696. The molecule has 1 saturated heterocycles. The van der Waals surface area contributed by atoms with Gasteiger partial charge in [0.15, 0.2) is 0 Å². The van der Waals surface area contributed by atoms with Gasteiger partial charge in [-0.05, 0) is 59.6 Å². The molecule has 5 heteroatoms. The van der Waals surface area contributed by atoms with Crippen molar-refractivity contribution in [2.45, 2.75) is 52.2 Å². The van der Waals surface area contributed by atoms with Crippen LogP contribution in [0.2, 0.25) is 0 Å². The smallest absolute Gasteiger partial charge is 0.217 e. The monoisotopic (exact) mass is 387 g/mol. The highest BCUT2D eigenvalue weighted by molar-refractivity contribution is 5.73. The second kappa shape index (κ2) is 7.34. The summed E-state index contributed by atoms with van der Waals surface area (Å²) in [5.74, 6) is 2.00. The van der Waals surface area contributed by atoms with E-state index in [0.29, 0.717) is 25.0 Å². The third-order valence-corrected chi connectivity index (χ3v) is 7.60. The highest BCUT2D eigenvalue weighted by atomic mass is 16.5. The summed E-state index contributed by atoms with van der Waals surface area (Å²) < 4.78 is 17.2. The van der Waals surface area contributed by atoms with E-state index in [-0.39, 0.29) is 28.9 Å². The average Bonchev–Trinajstić information content (AvgIpc) is 3.15. The van der Waals surface area contributed by atoms with E-state index in [1.165, 1.54) is 18.4 Å². The average molecular weight is 388 g/mol. The summed E-state index contributed by atoms with van der Waals surface area (Å²) in [6.07, 6.45) is 3.46. The Bertz CT molecular complexity index is 733. The zero-order valence-electron chi connectivity index (χ0n) is 17.5. The molecule has 1 aromatic rings. The van der Waals surface area contributed by atoms with Gasteiger partial charge in [0, 0.05) is 26.7 Å². The Labute approximate surface area is 168 Å². The summed E-state index contributed by atoms with van der Waals surface area (Å²) in [5.41, 5.74) is 1.45. The van der Waals surface area contributed by atoms with E-state index in [2.05, 4.69) is 31.3 Å². The van der Waals surface area contributed by atoms with Crippen molar-refractivity contribution in [1.29, 1.82) is 0 Å². The molecule has 2 aliphatic carbocycles. The van der Waals surface area contributed by atoms with E-state index in [1.807, 2.05) is 12.1 Å². The molecule has 1 amide bonds. The van der Waals surface area contributed by atoms with Gasteiger partial charge in [0.2, 0.25) is 5.91 Å². The summed E-state index contributed by atoms with van der Waals surface area (Å²) in [7, 11) is 1.68. The number of hydrogen-bond acceptors (Lipinski definition) is 4. The summed E-state index contributed by atoms with van der Waals surface area (Å²) in [5, 5.41) is 3.34. The maximum Gasteiger partial charge on any atom is 0.217 e. The standard InChI is InChI=1S/C23H33NO4/c1-15(25)24-21-22(2,3)17-13-19-20(28-9-8-23(19,21)14-17)16-6-5-7-18(12-16)27-11-10-26-4/h5-7,12,17,19-21H,8-11,13-14H2,1-4H3,(H,24,25)/t17-,19-,20-,21-,23?/m1/s1. The van der Waals surface area contributed by atoms with Crippen molar-refractivity contribution >= 4 is 5.91 Å². The van der Waals surface area contributed by atoms with Crippen LogP contribution in [0.5, 0.6) is 5.75 Å². The van der Waals surface area contributed by atoms with Crippen molar-refractivity contribution in [1.82, 2.24) is 5.32 Å². The molecule has 2 bridgehead atoms. The van der Waals surface area contributed by atoms with Crippen molar-refractivity contribution in [2.75, 3.05) is 26.9 Å². The first-order valence-corrected chi connectivity index (χ1v) is 10.5. The van der Waals surface area contributed by atoms with Crippen LogP contribution >= 0.6 is 0 Å². The van der Waals surface area contributed by atoms with E-state index in [4.69, 9.17) is 14.2 Å². The maximum atomic E-state index is 12.0. The Morgan fingerprint density at radius 3 is 2.89 bits per heavy atom. The molecule has 1 heterocycles. The van der Waals surface area contributed by atoms with Gasteiger partial charge in [-0.2, -0.15) is 0 Å². The molecule has 154 valence electrons. The van der Waals surface area contributed by atoms with Crippen LogP contribution in [0.15, 0.2) is 24.3 Å². The Balaban J connectivity index is 1.60. The van der Waals surface area contributed by atoms with Crippen LogP contribution in [-0.4, -0.2) is 38.9 Å². The van der Waals surface area contributed by atoms with Gasteiger partial charge in [-0.3, -0.25) is 4.79 Å². The highest BCUT2D eigenvalue weighted by Crippen LogP contribution is 2.70. The van der Waals surface area contributed by atoms with E-state index < -0.39 is 0 Å². The van der Waals surface area contributed by atoms with Crippen LogP contribution in [0.4, 0.5) is 0 Å². The van der Waals surface area contributed by atoms with Gasteiger partial charge in [-0.1, -0.05) is 26.0 Å². The molecular weight excluding hydrogens is 354 g/mol. The van der Waals surface area contributed by atoms with Crippen LogP contribution in [0.1, 0.15) is 51.7 Å². The lowest BCUT2D eigenvalue weighted by molar-refractivity contribution is -0.136. The molecule has 1 aromatic carbocycles. The Hall–Kier alpha value is -1.59. The Morgan fingerprint density at radius 2 is 2.14 bits per heavy atom. The SMILES string of the molecule is COCCOc1cccc([C@H]2OCCC34C[C@@H](C[C@H]23)C(C)(C)[C@H]4NC(C)=O)c1. The van der Waals surface area contributed by atoms with Gasteiger partial charge < -0.3 is 19.5 Å². The molecule has 1 unspecified atom stereocenters. The maximum absolute atomic E-state index is 12.0. The molecule has 3 fully saturated rings. The molecule has 1 spiro atoms. The van der Waals surface area contributed by atoms with Gasteiger partial charge >= 0.3 is 0 Å². The zero-order chi connectivity index (χ0) is 19.9. The van der Waals surface area contributed by atoms with E-state index in [0.717, 1.165) is 18.8 Å². The van der Waals surface area contributed by atoms with Gasteiger partial charge in [0.25, 0.3) is 0 Å². The second-order valence-corrected chi connectivity index (χ2v) is 9.39. The normalized spacial score (nSPS) is 35.4. The zero-order valence-corrected chi connectivity index (χ0v) is 17.5. The molecule has 28 heavy (non-hydrogen) atoms. The lowest BCUT2D eigenvalue weighted by Crippen LogP contribution is -2.58. The summed E-state index contributed by atoms with van der Waals surface area (Å²) >= 11 is 0. The van der Waals surface area contributed by atoms with Crippen LogP contribution in [0.25, 0.3) is 0 Å². The van der Waals surface area contributed by atoms with Crippen molar-refractivity contribution in [2.24, 2.45) is 22.7 Å². The molecular formula is C23H33NO4. The quantitative estimate of drug-likeness (QED) is 0.756. The molecule has 2 saturated carbocycles. The summed E-state index contributed by atoms with van der Waals surface area (Å²) in [6.45, 7) is 8.17. The number of rotatable bonds is 6. The predicted molar refractivity (Wildman–Crippen MR) is 107 cm³/mol. The van der Waals surface area contributed by atoms with Crippen LogP contribution in [0, 0.1) is 22.7 Å². The van der Waals surface area contributed by atoms with Crippen LogP contribution in [0.3, 0.4) is 0 Å². The highest BCUT2D eigenvalue weighted by Gasteiger charge is 2.68. The number of carbonyl (C=O) groups is 1. The fourth-order valence-electron chi connectivity index (χ4n) is 6.34. The van der Waals surface area contributed by atoms with Gasteiger partial charge in [0.1, 0.15) is 12.4 Å². The molecule has 1 N–H and O–H groups in total. The topological polar surface area (TPSA) is 56.8 Å². The largest absolute Gasteiger partial charge is 0.491 e. The first-order valence-electron chi connectivity index (χ1n) is 10.5. The molecule has 4 rings (SSSR count). The van der Waals surface area contributed by atoms with Gasteiger partial charge in [0.05, 0.1) is 12.7 Å². The molecule has 5 atom stereocenters. The lowest BCUT2D eigenvalue weighted by Gasteiger charge is -2.53. The minimum Gasteiger partial charge on any atom is -0.491 e. The number of hydrogen-bond donors (Lipinski definition) is 1. The summed E-state index contributed by atoms with van der Waals surface area (Å²) in [6, 6.07) is 8.52. The van der Waals surface area contributed by atoms with Crippen molar-refractivity contribution < 1.29 is 19.0 Å². The minimum absolute atomic E-state index is 0.0667. The summed E-state index contributed by atoms with van der Waals surface area (Å²) in [4.78, 5) is 12.0. The first-order chi connectivity index (χ1) is 13.4. The van der Waals surface area contributed by atoms with E-state index in [1.54, 1.807) is 14.0 Å². The number of amides is 1. The number of ether oxygens (including phenoxy) is 3.